The smallest absolute Gasteiger partial charge is 0.243 e. The number of hydrogen-bond acceptors (Lipinski definition) is 4. The van der Waals surface area contributed by atoms with Gasteiger partial charge in [-0.1, -0.05) is 12.8 Å². The van der Waals surface area contributed by atoms with Gasteiger partial charge in [0, 0.05) is 46.0 Å². The molecular weight excluding hydrogens is 459 g/mol. The molecule has 0 bridgehead atoms. The van der Waals surface area contributed by atoms with Crippen molar-refractivity contribution in [3.63, 3.8) is 0 Å². The molecule has 1 atom stereocenters. The third-order valence-corrected chi connectivity index (χ3v) is 5.78. The van der Waals surface area contributed by atoms with E-state index in [0.717, 1.165) is 51.5 Å². The predicted octanol–water partition coefficient (Wildman–Crippen LogP) is 1.90. The van der Waals surface area contributed by atoms with Crippen LogP contribution in [0.15, 0.2) is 4.99 Å². The van der Waals surface area contributed by atoms with Gasteiger partial charge in [-0.2, -0.15) is 0 Å². The minimum atomic E-state index is 0. The monoisotopic (exact) mass is 494 g/mol. The van der Waals surface area contributed by atoms with E-state index in [4.69, 9.17) is 9.47 Å². The molecule has 0 aromatic carbocycles. The Bertz CT molecular complexity index is 503. The number of amides is 1. The van der Waals surface area contributed by atoms with Crippen LogP contribution in [0.4, 0.5) is 0 Å². The van der Waals surface area contributed by atoms with Gasteiger partial charge in [-0.25, -0.2) is 4.99 Å². The second-order valence-corrected chi connectivity index (χ2v) is 8.06. The fraction of sp³-hybridized carbons (Fsp3) is 0.895. The summed E-state index contributed by atoms with van der Waals surface area (Å²) < 4.78 is 11.6. The largest absolute Gasteiger partial charge is 0.381 e. The first kappa shape index (κ1) is 22.7. The molecule has 3 aliphatic rings. The minimum Gasteiger partial charge on any atom is -0.381 e. The van der Waals surface area contributed by atoms with Crippen LogP contribution in [0.2, 0.25) is 0 Å². The van der Waals surface area contributed by atoms with Crippen LogP contribution in [-0.4, -0.2) is 74.9 Å². The Morgan fingerprint density at radius 1 is 1.07 bits per heavy atom. The van der Waals surface area contributed by atoms with Crippen LogP contribution in [0.1, 0.15) is 51.4 Å². The zero-order valence-corrected chi connectivity index (χ0v) is 19.0. The van der Waals surface area contributed by atoms with E-state index in [-0.39, 0.29) is 42.0 Å². The summed E-state index contributed by atoms with van der Waals surface area (Å²) in [4.78, 5) is 18.1. The highest BCUT2D eigenvalue weighted by atomic mass is 127. The molecule has 0 radical (unpaired) electrons. The van der Waals surface area contributed by atoms with Crippen LogP contribution >= 0.6 is 24.0 Å². The summed E-state index contributed by atoms with van der Waals surface area (Å²) in [5, 5.41) is 7.12. The number of nitrogens with one attached hydrogen (secondary N) is 2. The van der Waals surface area contributed by atoms with E-state index in [2.05, 4.69) is 15.6 Å². The molecule has 2 saturated heterocycles. The Kier molecular flexibility index (Phi) is 9.07. The summed E-state index contributed by atoms with van der Waals surface area (Å²) in [7, 11) is 3.53. The minimum absolute atomic E-state index is 0. The first-order valence-electron chi connectivity index (χ1n) is 10.1. The lowest BCUT2D eigenvalue weighted by molar-refractivity contribution is -0.127. The number of aliphatic imine (C=N–C) groups is 1. The number of ether oxygens (including phenoxy) is 2. The van der Waals surface area contributed by atoms with E-state index in [1.54, 1.807) is 19.0 Å². The Hall–Kier alpha value is -0.610. The fourth-order valence-corrected chi connectivity index (χ4v) is 4.17. The molecule has 0 aromatic rings. The van der Waals surface area contributed by atoms with E-state index in [9.17, 15) is 4.79 Å². The van der Waals surface area contributed by atoms with Crippen LogP contribution in [0.3, 0.4) is 0 Å². The third-order valence-electron chi connectivity index (χ3n) is 5.78. The van der Waals surface area contributed by atoms with Gasteiger partial charge in [0.25, 0.3) is 0 Å². The molecule has 8 heteroatoms. The lowest BCUT2D eigenvalue weighted by Crippen LogP contribution is -2.53. The molecular formula is C19H35IN4O3. The summed E-state index contributed by atoms with van der Waals surface area (Å²) in [5.41, 5.74) is 0.0686. The zero-order valence-electron chi connectivity index (χ0n) is 16.7. The second kappa shape index (κ2) is 10.8. The normalized spacial score (nSPS) is 25.7. The quantitative estimate of drug-likeness (QED) is 0.355. The van der Waals surface area contributed by atoms with Crippen molar-refractivity contribution in [3.05, 3.63) is 0 Å². The highest BCUT2D eigenvalue weighted by Gasteiger charge is 2.40. The Morgan fingerprint density at radius 3 is 2.37 bits per heavy atom. The standard InChI is InChI=1S/C19H34N4O3.HI/c1-23(2)17(24)14-20-18(21-15-5-10-25-11-6-15)22-16-7-12-26-19(13-16)8-3-4-9-19;/h15-16H,3-14H2,1-2H3,(H2,20,21,22);1H. The lowest BCUT2D eigenvalue weighted by Gasteiger charge is -2.39. The molecule has 2 aliphatic heterocycles. The molecule has 1 amide bonds. The van der Waals surface area contributed by atoms with E-state index in [1.807, 2.05) is 0 Å². The zero-order chi connectivity index (χ0) is 18.4. The van der Waals surface area contributed by atoms with Crippen LogP contribution in [-0.2, 0) is 14.3 Å². The van der Waals surface area contributed by atoms with Crippen LogP contribution in [0.5, 0.6) is 0 Å². The molecule has 2 heterocycles. The van der Waals surface area contributed by atoms with Crippen molar-refractivity contribution in [2.45, 2.75) is 69.1 Å². The average Bonchev–Trinajstić information content (AvgIpc) is 3.07. The van der Waals surface area contributed by atoms with Crippen molar-refractivity contribution in [1.82, 2.24) is 15.5 Å². The van der Waals surface area contributed by atoms with Gasteiger partial charge in [0.05, 0.1) is 5.60 Å². The molecule has 2 N–H and O–H groups in total. The number of carbonyl (C=O) groups is 1. The maximum atomic E-state index is 12.0. The Balaban J connectivity index is 0.00000261. The van der Waals surface area contributed by atoms with Gasteiger partial charge in [0.15, 0.2) is 5.96 Å². The number of hydrogen-bond donors (Lipinski definition) is 2. The molecule has 3 fully saturated rings. The fourth-order valence-electron chi connectivity index (χ4n) is 4.17. The van der Waals surface area contributed by atoms with Crippen LogP contribution in [0.25, 0.3) is 0 Å². The molecule has 7 nitrogen and oxygen atoms in total. The van der Waals surface area contributed by atoms with Gasteiger partial charge in [0.1, 0.15) is 6.54 Å². The van der Waals surface area contributed by atoms with E-state index >= 15 is 0 Å². The Morgan fingerprint density at radius 2 is 1.70 bits per heavy atom. The van der Waals surface area contributed by atoms with Crippen molar-refractivity contribution >= 4 is 35.8 Å². The molecule has 3 rings (SSSR count). The van der Waals surface area contributed by atoms with Crippen molar-refractivity contribution in [2.24, 2.45) is 4.99 Å². The van der Waals surface area contributed by atoms with Crippen molar-refractivity contribution in [3.8, 4) is 0 Å². The van der Waals surface area contributed by atoms with Crippen LogP contribution < -0.4 is 10.6 Å². The molecule has 156 valence electrons. The summed E-state index contributed by atoms with van der Waals surface area (Å²) in [6, 6.07) is 0.701. The molecule has 1 aliphatic carbocycles. The molecule has 1 spiro atoms. The summed E-state index contributed by atoms with van der Waals surface area (Å²) in [5.74, 6) is 0.768. The lowest BCUT2D eigenvalue weighted by atomic mass is 9.89. The maximum absolute atomic E-state index is 12.0. The topological polar surface area (TPSA) is 75.2 Å². The molecule has 27 heavy (non-hydrogen) atoms. The van der Waals surface area contributed by atoms with Crippen molar-refractivity contribution in [1.29, 1.82) is 0 Å². The number of rotatable bonds is 4. The first-order valence-corrected chi connectivity index (χ1v) is 10.1. The first-order chi connectivity index (χ1) is 12.6. The number of guanidine groups is 1. The summed E-state index contributed by atoms with van der Waals surface area (Å²) >= 11 is 0. The highest BCUT2D eigenvalue weighted by molar-refractivity contribution is 14.0. The van der Waals surface area contributed by atoms with Crippen LogP contribution in [0, 0.1) is 0 Å². The van der Waals surface area contributed by atoms with Gasteiger partial charge in [-0.05, 0) is 38.5 Å². The van der Waals surface area contributed by atoms with E-state index in [1.165, 1.54) is 25.7 Å². The van der Waals surface area contributed by atoms with E-state index in [0.29, 0.717) is 12.1 Å². The van der Waals surface area contributed by atoms with Gasteiger partial charge in [0.2, 0.25) is 5.91 Å². The third kappa shape index (κ3) is 6.74. The SMILES string of the molecule is CN(C)C(=O)CN=C(NC1CCOCC1)NC1CCOC2(CCCC2)C1.I. The molecule has 1 saturated carbocycles. The number of halogens is 1. The van der Waals surface area contributed by atoms with Gasteiger partial charge >= 0.3 is 0 Å². The summed E-state index contributed by atoms with van der Waals surface area (Å²) in [6.07, 6.45) is 8.84. The van der Waals surface area contributed by atoms with Crippen molar-refractivity contribution in [2.75, 3.05) is 40.5 Å². The molecule has 0 aromatic heterocycles. The average molecular weight is 494 g/mol. The molecule has 1 unspecified atom stereocenters. The summed E-state index contributed by atoms with van der Waals surface area (Å²) in [6.45, 7) is 2.53. The second-order valence-electron chi connectivity index (χ2n) is 8.06. The highest BCUT2D eigenvalue weighted by Crippen LogP contribution is 2.39. The van der Waals surface area contributed by atoms with Gasteiger partial charge < -0.3 is 25.0 Å². The maximum Gasteiger partial charge on any atom is 0.243 e. The van der Waals surface area contributed by atoms with Gasteiger partial charge in [-0.3, -0.25) is 4.79 Å². The van der Waals surface area contributed by atoms with Gasteiger partial charge in [-0.15, -0.1) is 24.0 Å². The van der Waals surface area contributed by atoms with Crippen molar-refractivity contribution < 1.29 is 14.3 Å². The predicted molar refractivity (Wildman–Crippen MR) is 117 cm³/mol. The Labute approximate surface area is 180 Å². The number of nitrogens with zero attached hydrogens (tertiary/aromatic N) is 2. The number of carbonyl (C=O) groups excluding carboxylic acids is 1. The number of likely N-dealkylation sites (N-methyl/N-ethyl adjacent to an activating group) is 1. The van der Waals surface area contributed by atoms with E-state index < -0.39 is 0 Å².